The van der Waals surface area contributed by atoms with Crippen LogP contribution in [0.4, 0.5) is 4.39 Å². The molecule has 0 aliphatic carbocycles. The fourth-order valence-electron chi connectivity index (χ4n) is 1.42. The SMILES string of the molecule is O=C(O)c1ccc(Oc2ccccc2I)c(F)c1Br. The molecular formula is C13H7BrFIO3. The summed E-state index contributed by atoms with van der Waals surface area (Å²) in [5.41, 5.74) is -0.146. The topological polar surface area (TPSA) is 46.5 Å². The fourth-order valence-corrected chi connectivity index (χ4v) is 2.42. The van der Waals surface area contributed by atoms with E-state index in [0.717, 1.165) is 3.57 Å². The average Bonchev–Trinajstić information content (AvgIpc) is 2.37. The van der Waals surface area contributed by atoms with Crippen LogP contribution in [0.25, 0.3) is 0 Å². The molecule has 0 heterocycles. The van der Waals surface area contributed by atoms with Gasteiger partial charge in [0.05, 0.1) is 13.6 Å². The minimum atomic E-state index is -1.20. The van der Waals surface area contributed by atoms with Crippen molar-refractivity contribution in [3.05, 3.63) is 55.8 Å². The molecule has 0 unspecified atom stereocenters. The second-order valence-corrected chi connectivity index (χ2v) is 5.53. The van der Waals surface area contributed by atoms with Crippen LogP contribution in [-0.4, -0.2) is 11.1 Å². The van der Waals surface area contributed by atoms with E-state index in [1.54, 1.807) is 12.1 Å². The van der Waals surface area contributed by atoms with Gasteiger partial charge in [-0.25, -0.2) is 9.18 Å². The van der Waals surface area contributed by atoms with Gasteiger partial charge in [-0.05, 0) is 62.8 Å². The molecule has 0 aliphatic rings. The summed E-state index contributed by atoms with van der Waals surface area (Å²) in [5.74, 6) is -1.45. The molecule has 1 N–H and O–H groups in total. The van der Waals surface area contributed by atoms with E-state index < -0.39 is 11.8 Å². The Labute approximate surface area is 130 Å². The van der Waals surface area contributed by atoms with Gasteiger partial charge in [0.25, 0.3) is 0 Å². The van der Waals surface area contributed by atoms with Crippen molar-refractivity contribution in [2.45, 2.75) is 0 Å². The molecule has 2 aromatic rings. The summed E-state index contributed by atoms with van der Waals surface area (Å²) in [6, 6.07) is 9.74. The second kappa shape index (κ2) is 5.87. The molecule has 3 nitrogen and oxygen atoms in total. The third-order valence-corrected chi connectivity index (χ3v) is 4.00. The van der Waals surface area contributed by atoms with E-state index >= 15 is 0 Å². The molecule has 0 amide bonds. The summed E-state index contributed by atoms with van der Waals surface area (Å²) in [4.78, 5) is 10.9. The van der Waals surface area contributed by atoms with E-state index in [0.29, 0.717) is 5.75 Å². The van der Waals surface area contributed by atoms with Crippen LogP contribution in [0.3, 0.4) is 0 Å². The monoisotopic (exact) mass is 436 g/mol. The molecule has 0 saturated carbocycles. The van der Waals surface area contributed by atoms with E-state index in [4.69, 9.17) is 9.84 Å². The van der Waals surface area contributed by atoms with E-state index in [1.807, 2.05) is 12.1 Å². The summed E-state index contributed by atoms with van der Waals surface area (Å²) in [6.45, 7) is 0. The van der Waals surface area contributed by atoms with Crippen LogP contribution in [0.2, 0.25) is 0 Å². The summed E-state index contributed by atoms with van der Waals surface area (Å²) >= 11 is 5.00. The van der Waals surface area contributed by atoms with Crippen molar-refractivity contribution in [2.75, 3.05) is 0 Å². The highest BCUT2D eigenvalue weighted by molar-refractivity contribution is 14.1. The number of para-hydroxylation sites is 1. The first-order chi connectivity index (χ1) is 9.00. The Morgan fingerprint density at radius 2 is 1.89 bits per heavy atom. The van der Waals surface area contributed by atoms with Gasteiger partial charge in [0.2, 0.25) is 0 Å². The zero-order valence-corrected chi connectivity index (χ0v) is 13.1. The van der Waals surface area contributed by atoms with E-state index in [1.165, 1.54) is 12.1 Å². The Hall–Kier alpha value is -1.15. The van der Waals surface area contributed by atoms with Gasteiger partial charge in [-0.3, -0.25) is 0 Å². The first-order valence-electron chi connectivity index (χ1n) is 5.14. The predicted octanol–water partition coefficient (Wildman–Crippen LogP) is 4.68. The first kappa shape index (κ1) is 14.3. The Kier molecular flexibility index (Phi) is 4.41. The molecule has 0 aliphatic heterocycles. The van der Waals surface area contributed by atoms with Crippen LogP contribution >= 0.6 is 38.5 Å². The molecule has 0 atom stereocenters. The normalized spacial score (nSPS) is 10.3. The number of ether oxygens (including phenoxy) is 1. The van der Waals surface area contributed by atoms with Crippen LogP contribution < -0.4 is 4.74 Å². The Balaban J connectivity index is 2.40. The van der Waals surface area contributed by atoms with Gasteiger partial charge in [-0.1, -0.05) is 12.1 Å². The predicted molar refractivity (Wildman–Crippen MR) is 80.3 cm³/mol. The highest BCUT2D eigenvalue weighted by Gasteiger charge is 2.17. The lowest BCUT2D eigenvalue weighted by atomic mass is 10.2. The van der Waals surface area contributed by atoms with Crippen molar-refractivity contribution in [3.8, 4) is 11.5 Å². The molecule has 0 fully saturated rings. The molecule has 0 radical (unpaired) electrons. The number of hydrogen-bond acceptors (Lipinski definition) is 2. The van der Waals surface area contributed by atoms with Gasteiger partial charge in [-0.2, -0.15) is 0 Å². The van der Waals surface area contributed by atoms with Gasteiger partial charge in [0, 0.05) is 0 Å². The number of carboxylic acids is 1. The van der Waals surface area contributed by atoms with Gasteiger partial charge in [-0.15, -0.1) is 0 Å². The molecule has 6 heteroatoms. The van der Waals surface area contributed by atoms with E-state index in [2.05, 4.69) is 38.5 Å². The quantitative estimate of drug-likeness (QED) is 0.710. The number of carboxylic acid groups (broad SMARTS) is 1. The zero-order chi connectivity index (χ0) is 14.0. The molecular weight excluding hydrogens is 430 g/mol. The lowest BCUT2D eigenvalue weighted by molar-refractivity contribution is 0.0695. The Morgan fingerprint density at radius 1 is 1.21 bits per heavy atom. The summed E-state index contributed by atoms with van der Waals surface area (Å²) < 4.78 is 20.2. The fraction of sp³-hybridized carbons (Fsp3) is 0. The van der Waals surface area contributed by atoms with Crippen molar-refractivity contribution < 1.29 is 19.0 Å². The van der Waals surface area contributed by atoms with Crippen molar-refractivity contribution in [1.29, 1.82) is 0 Å². The van der Waals surface area contributed by atoms with Crippen LogP contribution in [0, 0.1) is 9.39 Å². The minimum Gasteiger partial charge on any atom is -0.478 e. The van der Waals surface area contributed by atoms with Gasteiger partial charge < -0.3 is 9.84 Å². The average molecular weight is 437 g/mol. The maximum atomic E-state index is 14.0. The van der Waals surface area contributed by atoms with Crippen LogP contribution in [0.15, 0.2) is 40.9 Å². The maximum absolute atomic E-state index is 14.0. The van der Waals surface area contributed by atoms with Crippen LogP contribution in [0.1, 0.15) is 10.4 Å². The first-order valence-corrected chi connectivity index (χ1v) is 7.01. The molecule has 2 rings (SSSR count). The lowest BCUT2D eigenvalue weighted by Crippen LogP contribution is -2.01. The van der Waals surface area contributed by atoms with Crippen molar-refractivity contribution >= 4 is 44.5 Å². The molecule has 0 spiro atoms. The van der Waals surface area contributed by atoms with Crippen molar-refractivity contribution in [1.82, 2.24) is 0 Å². The number of hydrogen-bond donors (Lipinski definition) is 1. The molecule has 0 aromatic heterocycles. The zero-order valence-electron chi connectivity index (χ0n) is 9.36. The van der Waals surface area contributed by atoms with Crippen molar-refractivity contribution in [2.24, 2.45) is 0 Å². The van der Waals surface area contributed by atoms with Gasteiger partial charge >= 0.3 is 5.97 Å². The molecule has 2 aromatic carbocycles. The van der Waals surface area contributed by atoms with Crippen LogP contribution in [0.5, 0.6) is 11.5 Å². The largest absolute Gasteiger partial charge is 0.478 e. The van der Waals surface area contributed by atoms with Crippen molar-refractivity contribution in [3.63, 3.8) is 0 Å². The standard InChI is InChI=1S/C13H7BrFIO3/c14-11-7(13(17)18)5-6-10(12(11)15)19-9-4-2-1-3-8(9)16/h1-6H,(H,17,18). The highest BCUT2D eigenvalue weighted by Crippen LogP contribution is 2.33. The number of aromatic carboxylic acids is 1. The second-order valence-electron chi connectivity index (χ2n) is 3.58. The smallest absolute Gasteiger partial charge is 0.336 e. The molecule has 0 bridgehead atoms. The summed E-state index contributed by atoms with van der Waals surface area (Å²) in [7, 11) is 0. The summed E-state index contributed by atoms with van der Waals surface area (Å²) in [5, 5.41) is 8.88. The third kappa shape index (κ3) is 3.06. The summed E-state index contributed by atoms with van der Waals surface area (Å²) in [6.07, 6.45) is 0. The lowest BCUT2D eigenvalue weighted by Gasteiger charge is -2.10. The Bertz CT molecular complexity index is 646. The highest BCUT2D eigenvalue weighted by atomic mass is 127. The molecule has 19 heavy (non-hydrogen) atoms. The number of rotatable bonds is 3. The van der Waals surface area contributed by atoms with Crippen LogP contribution in [-0.2, 0) is 0 Å². The number of carbonyl (C=O) groups is 1. The van der Waals surface area contributed by atoms with E-state index in [-0.39, 0.29) is 15.8 Å². The molecule has 0 saturated heterocycles. The van der Waals surface area contributed by atoms with E-state index in [9.17, 15) is 9.18 Å². The molecule has 98 valence electrons. The number of halogens is 3. The van der Waals surface area contributed by atoms with Gasteiger partial charge in [0.1, 0.15) is 5.75 Å². The maximum Gasteiger partial charge on any atom is 0.336 e. The minimum absolute atomic E-state index is 0.0269. The number of benzene rings is 2. The van der Waals surface area contributed by atoms with Gasteiger partial charge in [0.15, 0.2) is 11.6 Å². The third-order valence-electron chi connectivity index (χ3n) is 2.33. The Morgan fingerprint density at radius 3 is 2.53 bits per heavy atom.